The number of benzene rings is 1. The van der Waals surface area contributed by atoms with Gasteiger partial charge in [0.2, 0.25) is 0 Å². The van der Waals surface area contributed by atoms with Crippen LogP contribution in [-0.2, 0) is 12.6 Å². The van der Waals surface area contributed by atoms with E-state index in [2.05, 4.69) is 0 Å². The van der Waals surface area contributed by atoms with Crippen molar-refractivity contribution in [1.29, 1.82) is 0 Å². The summed E-state index contributed by atoms with van der Waals surface area (Å²) in [5.41, 5.74) is 5.72. The average Bonchev–Trinajstić information content (AvgIpc) is 2.44. The lowest BCUT2D eigenvalue weighted by Gasteiger charge is -2.22. The zero-order chi connectivity index (χ0) is 16.5. The third kappa shape index (κ3) is 3.80. The van der Waals surface area contributed by atoms with Gasteiger partial charge in [-0.15, -0.1) is 0 Å². The van der Waals surface area contributed by atoms with Gasteiger partial charge in [-0.2, -0.15) is 13.2 Å². The van der Waals surface area contributed by atoms with Gasteiger partial charge in [0.15, 0.2) is 0 Å². The van der Waals surface area contributed by atoms with E-state index in [1.165, 1.54) is 0 Å². The Morgan fingerprint density at radius 2 is 1.82 bits per heavy atom. The van der Waals surface area contributed by atoms with Gasteiger partial charge in [-0.3, -0.25) is 0 Å². The minimum absolute atomic E-state index is 0.178. The molecule has 0 heterocycles. The monoisotopic (exact) mass is 369 g/mol. The normalized spacial score (nSPS) is 19.4. The molecule has 1 atom stereocenters. The van der Waals surface area contributed by atoms with Gasteiger partial charge in [-0.05, 0) is 42.6 Å². The second kappa shape index (κ2) is 6.83. The fourth-order valence-corrected chi connectivity index (χ4v) is 3.12. The molecule has 1 unspecified atom stereocenters. The molecular formula is C15H13Cl3F3N. The van der Waals surface area contributed by atoms with Crippen LogP contribution < -0.4 is 5.73 Å². The molecule has 0 amide bonds. The van der Waals surface area contributed by atoms with Crippen LogP contribution in [-0.4, -0.2) is 6.54 Å². The smallest absolute Gasteiger partial charge is 0.330 e. The SMILES string of the molecule is NCCc1cc(C2CC=C(Cl)C(Cl)=C2Cl)cc(C(F)(F)F)c1. The van der Waals surface area contributed by atoms with Crippen LogP contribution in [0.2, 0.25) is 0 Å². The molecule has 0 bridgehead atoms. The second-order valence-electron chi connectivity index (χ2n) is 5.00. The molecule has 0 saturated carbocycles. The van der Waals surface area contributed by atoms with Gasteiger partial charge in [0.1, 0.15) is 0 Å². The molecule has 1 nitrogen and oxygen atoms in total. The molecule has 0 aliphatic heterocycles. The number of alkyl halides is 3. The van der Waals surface area contributed by atoms with Crippen molar-refractivity contribution in [3.8, 4) is 0 Å². The Hall–Kier alpha value is -0.680. The summed E-state index contributed by atoms with van der Waals surface area (Å²) >= 11 is 18.1. The van der Waals surface area contributed by atoms with Crippen LogP contribution in [0.3, 0.4) is 0 Å². The Balaban J connectivity index is 2.49. The molecule has 1 aliphatic rings. The molecule has 0 saturated heterocycles. The van der Waals surface area contributed by atoms with Crippen LogP contribution in [0.4, 0.5) is 13.2 Å². The van der Waals surface area contributed by atoms with Crippen molar-refractivity contribution in [2.45, 2.75) is 24.9 Å². The summed E-state index contributed by atoms with van der Waals surface area (Å²) in [6.07, 6.45) is -2.02. The van der Waals surface area contributed by atoms with Gasteiger partial charge in [0, 0.05) is 11.0 Å². The van der Waals surface area contributed by atoms with E-state index in [1.54, 1.807) is 12.1 Å². The molecule has 0 aromatic heterocycles. The first-order valence-electron chi connectivity index (χ1n) is 6.56. The summed E-state index contributed by atoms with van der Waals surface area (Å²) < 4.78 is 39.2. The Morgan fingerprint density at radius 3 is 2.41 bits per heavy atom. The van der Waals surface area contributed by atoms with Gasteiger partial charge < -0.3 is 5.73 Å². The van der Waals surface area contributed by atoms with E-state index in [-0.39, 0.29) is 16.6 Å². The highest BCUT2D eigenvalue weighted by atomic mass is 35.5. The quantitative estimate of drug-likeness (QED) is 0.746. The van der Waals surface area contributed by atoms with Crippen LogP contribution in [0.15, 0.2) is 39.4 Å². The van der Waals surface area contributed by atoms with Crippen molar-refractivity contribution in [3.05, 3.63) is 56.1 Å². The number of halogens is 6. The molecule has 22 heavy (non-hydrogen) atoms. The van der Waals surface area contributed by atoms with E-state index in [9.17, 15) is 13.2 Å². The van der Waals surface area contributed by atoms with E-state index in [1.807, 2.05) is 0 Å². The lowest BCUT2D eigenvalue weighted by molar-refractivity contribution is -0.137. The minimum Gasteiger partial charge on any atom is -0.330 e. The average molecular weight is 371 g/mol. The molecule has 2 rings (SSSR count). The molecule has 2 N–H and O–H groups in total. The highest BCUT2D eigenvalue weighted by Gasteiger charge is 2.32. The molecule has 120 valence electrons. The first-order chi connectivity index (χ1) is 10.2. The maximum absolute atomic E-state index is 13.1. The van der Waals surface area contributed by atoms with Gasteiger partial charge in [0.05, 0.1) is 15.6 Å². The van der Waals surface area contributed by atoms with E-state index in [4.69, 9.17) is 40.5 Å². The third-order valence-corrected chi connectivity index (χ3v) is 4.83. The van der Waals surface area contributed by atoms with Gasteiger partial charge in [0.25, 0.3) is 0 Å². The van der Waals surface area contributed by atoms with Gasteiger partial charge >= 0.3 is 6.18 Å². The molecular weight excluding hydrogens is 358 g/mol. The number of hydrogen-bond donors (Lipinski definition) is 1. The molecule has 7 heteroatoms. The topological polar surface area (TPSA) is 26.0 Å². The largest absolute Gasteiger partial charge is 0.416 e. The second-order valence-corrected chi connectivity index (χ2v) is 6.19. The lowest BCUT2D eigenvalue weighted by atomic mass is 9.89. The van der Waals surface area contributed by atoms with Crippen molar-refractivity contribution in [2.24, 2.45) is 5.73 Å². The summed E-state index contributed by atoms with van der Waals surface area (Å²) in [6, 6.07) is 3.90. The molecule has 1 aromatic carbocycles. The summed E-state index contributed by atoms with van der Waals surface area (Å²) in [6.45, 7) is 0.265. The first-order valence-corrected chi connectivity index (χ1v) is 7.69. The molecule has 0 fully saturated rings. The highest BCUT2D eigenvalue weighted by Crippen LogP contribution is 2.43. The van der Waals surface area contributed by atoms with Crippen molar-refractivity contribution in [2.75, 3.05) is 6.54 Å². The van der Waals surface area contributed by atoms with E-state index in [0.29, 0.717) is 29.0 Å². The summed E-state index contributed by atoms with van der Waals surface area (Å²) in [7, 11) is 0. The van der Waals surface area contributed by atoms with Crippen molar-refractivity contribution < 1.29 is 13.2 Å². The molecule has 1 aromatic rings. The third-order valence-electron chi connectivity index (χ3n) is 3.44. The standard InChI is InChI=1S/C15H13Cl3F3N/c16-12-2-1-11(13(17)14(12)18)9-5-8(3-4-22)6-10(7-9)15(19,20)21/h2,5-7,11H,1,3-4,22H2. The maximum atomic E-state index is 13.1. The fraction of sp³-hybridized carbons (Fsp3) is 0.333. The van der Waals surface area contributed by atoms with E-state index in [0.717, 1.165) is 12.1 Å². The van der Waals surface area contributed by atoms with Gasteiger partial charge in [-0.1, -0.05) is 46.9 Å². The molecule has 1 aliphatic carbocycles. The van der Waals surface area contributed by atoms with Gasteiger partial charge in [-0.25, -0.2) is 0 Å². The summed E-state index contributed by atoms with van der Waals surface area (Å²) in [5, 5.41) is 0.752. The fourth-order valence-electron chi connectivity index (χ4n) is 2.36. The number of hydrogen-bond acceptors (Lipinski definition) is 1. The summed E-state index contributed by atoms with van der Waals surface area (Å²) in [5.74, 6) is -0.435. The van der Waals surface area contributed by atoms with Crippen LogP contribution in [0, 0.1) is 0 Å². The first kappa shape index (κ1) is 17.7. The van der Waals surface area contributed by atoms with Crippen molar-refractivity contribution in [3.63, 3.8) is 0 Å². The Bertz CT molecular complexity index is 635. The lowest BCUT2D eigenvalue weighted by Crippen LogP contribution is -2.12. The maximum Gasteiger partial charge on any atom is 0.416 e. The van der Waals surface area contributed by atoms with Crippen LogP contribution >= 0.6 is 34.8 Å². The number of rotatable bonds is 3. The van der Waals surface area contributed by atoms with E-state index < -0.39 is 17.7 Å². The zero-order valence-electron chi connectivity index (χ0n) is 11.4. The van der Waals surface area contributed by atoms with Crippen molar-refractivity contribution >= 4 is 34.8 Å². The van der Waals surface area contributed by atoms with Crippen LogP contribution in [0.5, 0.6) is 0 Å². The Labute approximate surface area is 141 Å². The predicted octanol–water partition coefficient (Wildman–Crippen LogP) is 5.51. The van der Waals surface area contributed by atoms with Crippen LogP contribution in [0.25, 0.3) is 0 Å². The zero-order valence-corrected chi connectivity index (χ0v) is 13.6. The minimum atomic E-state index is -4.43. The van der Waals surface area contributed by atoms with Crippen LogP contribution in [0.1, 0.15) is 29.0 Å². The van der Waals surface area contributed by atoms with E-state index >= 15 is 0 Å². The Kier molecular flexibility index (Phi) is 5.49. The molecule has 0 radical (unpaired) electrons. The summed E-state index contributed by atoms with van der Waals surface area (Å²) in [4.78, 5) is 0. The number of nitrogens with two attached hydrogens (primary N) is 1. The predicted molar refractivity (Wildman–Crippen MR) is 84.2 cm³/mol. The number of allylic oxidation sites excluding steroid dienone is 4. The molecule has 0 spiro atoms. The van der Waals surface area contributed by atoms with Crippen molar-refractivity contribution in [1.82, 2.24) is 0 Å². The highest BCUT2D eigenvalue weighted by molar-refractivity contribution is 6.48. The Morgan fingerprint density at radius 1 is 1.14 bits per heavy atom.